The average Bonchev–Trinajstić information content (AvgIpc) is 2.32. The van der Waals surface area contributed by atoms with Crippen LogP contribution in [0, 0.1) is 0 Å². The lowest BCUT2D eigenvalue weighted by Crippen LogP contribution is -2.20. The molecule has 1 atom stereocenters. The van der Waals surface area contributed by atoms with E-state index in [1.54, 1.807) is 0 Å². The van der Waals surface area contributed by atoms with E-state index >= 15 is 0 Å². The Bertz CT molecular complexity index is 344. The molecule has 1 rings (SSSR count). The van der Waals surface area contributed by atoms with Crippen molar-refractivity contribution in [1.82, 2.24) is 5.32 Å². The van der Waals surface area contributed by atoms with Crippen LogP contribution in [-0.4, -0.2) is 18.6 Å². The van der Waals surface area contributed by atoms with Crippen LogP contribution in [-0.2, 0) is 0 Å². The first-order valence-electron chi connectivity index (χ1n) is 5.83. The van der Waals surface area contributed by atoms with E-state index in [0.29, 0.717) is 10.0 Å². The summed E-state index contributed by atoms with van der Waals surface area (Å²) < 4.78 is 0. The van der Waals surface area contributed by atoms with Crippen LogP contribution in [0.5, 0.6) is 0 Å². The number of halogens is 2. The van der Waals surface area contributed by atoms with Crippen molar-refractivity contribution >= 4 is 35.0 Å². The molecule has 4 heteroatoms. The number of nitrogens with one attached hydrogen (secondary N) is 1. The summed E-state index contributed by atoms with van der Waals surface area (Å²) in [5, 5.41) is 4.76. The van der Waals surface area contributed by atoms with Gasteiger partial charge in [-0.25, -0.2) is 0 Å². The van der Waals surface area contributed by atoms with Crippen LogP contribution in [0.4, 0.5) is 0 Å². The number of thioether (sulfide) groups is 1. The third kappa shape index (κ3) is 5.09. The van der Waals surface area contributed by atoms with Gasteiger partial charge in [0, 0.05) is 6.04 Å². The molecule has 0 heterocycles. The number of benzene rings is 1. The van der Waals surface area contributed by atoms with Crippen LogP contribution in [0.3, 0.4) is 0 Å². The van der Waals surface area contributed by atoms with Gasteiger partial charge in [0.15, 0.2) is 0 Å². The van der Waals surface area contributed by atoms with Crippen LogP contribution >= 0.6 is 35.0 Å². The lowest BCUT2D eigenvalue weighted by molar-refractivity contribution is 0.556. The number of rotatable bonds is 7. The first-order valence-corrected chi connectivity index (χ1v) is 7.98. The zero-order valence-corrected chi connectivity index (χ0v) is 12.6. The fourth-order valence-corrected chi connectivity index (χ4v) is 2.62. The Kier molecular flexibility index (Phi) is 7.36. The Morgan fingerprint density at radius 1 is 1.29 bits per heavy atom. The van der Waals surface area contributed by atoms with Crippen LogP contribution < -0.4 is 5.32 Å². The van der Waals surface area contributed by atoms with Gasteiger partial charge in [-0.05, 0) is 49.9 Å². The molecule has 0 fully saturated rings. The fraction of sp³-hybridized carbons (Fsp3) is 0.538. The summed E-state index contributed by atoms with van der Waals surface area (Å²) in [4.78, 5) is 0. The summed E-state index contributed by atoms with van der Waals surface area (Å²) in [7, 11) is 0. The van der Waals surface area contributed by atoms with Crippen molar-refractivity contribution in [1.29, 1.82) is 0 Å². The van der Waals surface area contributed by atoms with Gasteiger partial charge in [0.2, 0.25) is 0 Å². The molecule has 0 radical (unpaired) electrons. The van der Waals surface area contributed by atoms with Gasteiger partial charge in [-0.1, -0.05) is 35.3 Å². The van der Waals surface area contributed by atoms with E-state index in [4.69, 9.17) is 23.2 Å². The second-order valence-corrected chi connectivity index (χ2v) is 5.79. The topological polar surface area (TPSA) is 12.0 Å². The van der Waals surface area contributed by atoms with Gasteiger partial charge in [-0.15, -0.1) is 0 Å². The normalized spacial score (nSPS) is 12.7. The predicted molar refractivity (Wildman–Crippen MR) is 80.5 cm³/mol. The highest BCUT2D eigenvalue weighted by Crippen LogP contribution is 2.29. The molecule has 0 spiro atoms. The lowest BCUT2D eigenvalue weighted by Gasteiger charge is -2.16. The van der Waals surface area contributed by atoms with Crippen LogP contribution in [0.15, 0.2) is 18.2 Å². The van der Waals surface area contributed by atoms with Crippen molar-refractivity contribution in [2.24, 2.45) is 0 Å². The van der Waals surface area contributed by atoms with Gasteiger partial charge >= 0.3 is 0 Å². The van der Waals surface area contributed by atoms with Gasteiger partial charge in [-0.2, -0.15) is 11.8 Å². The monoisotopic (exact) mass is 291 g/mol. The molecule has 0 amide bonds. The predicted octanol–water partition coefficient (Wildman–Crippen LogP) is 4.79. The Balaban J connectivity index is 2.41. The lowest BCUT2D eigenvalue weighted by atomic mass is 10.1. The minimum absolute atomic E-state index is 0.246. The van der Waals surface area contributed by atoms with Crippen LogP contribution in [0.25, 0.3) is 0 Å². The Labute approximate surface area is 118 Å². The van der Waals surface area contributed by atoms with Crippen molar-refractivity contribution in [3.05, 3.63) is 33.8 Å². The van der Waals surface area contributed by atoms with E-state index in [9.17, 15) is 0 Å². The molecule has 17 heavy (non-hydrogen) atoms. The standard InChI is InChI=1S/C13H19Cl2NS/c1-10(16-8-3-4-9-17-2)11-6-5-7-12(14)13(11)15/h5-7,10,16H,3-4,8-9H2,1-2H3. The molecule has 96 valence electrons. The number of unbranched alkanes of at least 4 members (excludes halogenated alkanes) is 1. The minimum Gasteiger partial charge on any atom is -0.310 e. The molecule has 1 nitrogen and oxygen atoms in total. The molecule has 0 saturated heterocycles. The summed E-state index contributed by atoms with van der Waals surface area (Å²) in [6.07, 6.45) is 4.59. The highest BCUT2D eigenvalue weighted by molar-refractivity contribution is 7.98. The summed E-state index contributed by atoms with van der Waals surface area (Å²) in [6.45, 7) is 3.14. The fourth-order valence-electron chi connectivity index (χ4n) is 1.65. The van der Waals surface area contributed by atoms with Gasteiger partial charge in [-0.3, -0.25) is 0 Å². The van der Waals surface area contributed by atoms with Gasteiger partial charge in [0.25, 0.3) is 0 Å². The molecule has 0 aliphatic rings. The maximum Gasteiger partial charge on any atom is 0.0639 e. The summed E-state index contributed by atoms with van der Waals surface area (Å²) >= 11 is 14.1. The van der Waals surface area contributed by atoms with Crippen molar-refractivity contribution in [3.8, 4) is 0 Å². The van der Waals surface area contributed by atoms with Crippen molar-refractivity contribution in [2.75, 3.05) is 18.6 Å². The zero-order valence-electron chi connectivity index (χ0n) is 10.3. The van der Waals surface area contributed by atoms with Gasteiger partial charge in [0.05, 0.1) is 10.0 Å². The Hall–Kier alpha value is 0.110. The molecular formula is C13H19Cl2NS. The van der Waals surface area contributed by atoms with Crippen molar-refractivity contribution < 1.29 is 0 Å². The Morgan fingerprint density at radius 2 is 2.06 bits per heavy atom. The first kappa shape index (κ1) is 15.2. The van der Waals surface area contributed by atoms with Crippen molar-refractivity contribution in [3.63, 3.8) is 0 Å². The summed E-state index contributed by atoms with van der Waals surface area (Å²) in [5.74, 6) is 1.23. The molecule has 1 N–H and O–H groups in total. The Morgan fingerprint density at radius 3 is 2.76 bits per heavy atom. The van der Waals surface area contributed by atoms with Crippen molar-refractivity contribution in [2.45, 2.75) is 25.8 Å². The highest BCUT2D eigenvalue weighted by Gasteiger charge is 2.10. The maximum atomic E-state index is 6.18. The van der Waals surface area contributed by atoms with Gasteiger partial charge < -0.3 is 5.32 Å². The highest BCUT2D eigenvalue weighted by atomic mass is 35.5. The molecule has 1 aromatic carbocycles. The van der Waals surface area contributed by atoms with E-state index in [-0.39, 0.29) is 6.04 Å². The summed E-state index contributed by atoms with van der Waals surface area (Å²) in [5.41, 5.74) is 1.07. The second kappa shape index (κ2) is 8.25. The van der Waals surface area contributed by atoms with E-state index < -0.39 is 0 Å². The largest absolute Gasteiger partial charge is 0.310 e. The molecule has 0 aliphatic carbocycles. The molecule has 0 saturated carbocycles. The second-order valence-electron chi connectivity index (χ2n) is 4.02. The van der Waals surface area contributed by atoms with E-state index in [0.717, 1.165) is 12.1 Å². The van der Waals surface area contributed by atoms with Crippen LogP contribution in [0.2, 0.25) is 10.0 Å². The average molecular weight is 292 g/mol. The molecule has 1 aromatic rings. The molecular weight excluding hydrogens is 273 g/mol. The number of hydrogen-bond acceptors (Lipinski definition) is 2. The summed E-state index contributed by atoms with van der Waals surface area (Å²) in [6, 6.07) is 6.03. The quantitative estimate of drug-likeness (QED) is 0.725. The molecule has 0 bridgehead atoms. The van der Waals surface area contributed by atoms with Gasteiger partial charge in [0.1, 0.15) is 0 Å². The third-order valence-corrected chi connectivity index (χ3v) is 4.20. The SMILES string of the molecule is CSCCCCNC(C)c1cccc(Cl)c1Cl. The number of hydrogen-bond donors (Lipinski definition) is 1. The minimum atomic E-state index is 0.246. The van der Waals surface area contributed by atoms with E-state index in [2.05, 4.69) is 18.5 Å². The first-order chi connectivity index (χ1) is 8.16. The van der Waals surface area contributed by atoms with E-state index in [1.165, 1.54) is 18.6 Å². The molecule has 0 aliphatic heterocycles. The smallest absolute Gasteiger partial charge is 0.0639 e. The zero-order chi connectivity index (χ0) is 12.7. The maximum absolute atomic E-state index is 6.18. The molecule has 0 aromatic heterocycles. The molecule has 1 unspecified atom stereocenters. The third-order valence-electron chi connectivity index (χ3n) is 2.67. The van der Waals surface area contributed by atoms with Crippen LogP contribution in [0.1, 0.15) is 31.4 Å². The van der Waals surface area contributed by atoms with E-state index in [1.807, 2.05) is 30.0 Å².